The Balaban J connectivity index is 3.11. The summed E-state index contributed by atoms with van der Waals surface area (Å²) in [6.45, 7) is 0. The molecule has 0 aromatic heterocycles. The fourth-order valence-electron chi connectivity index (χ4n) is 1.16. The Hall–Kier alpha value is -0.850. The van der Waals surface area contributed by atoms with Gasteiger partial charge in [-0.05, 0) is 18.6 Å². The molecule has 0 aliphatic carbocycles. The lowest BCUT2D eigenvalue weighted by molar-refractivity contribution is 1.20. The number of hydrogen-bond donors (Lipinski definition) is 2. The second kappa shape index (κ2) is 6.78. The fourth-order valence-corrected chi connectivity index (χ4v) is 3.22. The Morgan fingerprint density at radius 1 is 1.29 bits per heavy atom. The first-order valence-electron chi connectivity index (χ1n) is 4.62. The topological polar surface area (TPSA) is 76.8 Å². The van der Waals surface area contributed by atoms with Gasteiger partial charge in [0.05, 0.1) is 11.2 Å². The maximum atomic E-state index is 6.27. The van der Waals surface area contributed by atoms with Gasteiger partial charge in [-0.1, -0.05) is 17.7 Å². The molecule has 1 rings (SSSR count). The number of benzene rings is 1. The first-order valence-corrected chi connectivity index (χ1v) is 7.45. The van der Waals surface area contributed by atoms with E-state index in [1.165, 1.54) is 6.21 Å². The molecule has 0 amide bonds. The summed E-state index contributed by atoms with van der Waals surface area (Å²) in [5.41, 5.74) is 11.1. The van der Waals surface area contributed by atoms with Gasteiger partial charge in [-0.15, -0.1) is 28.6 Å². The van der Waals surface area contributed by atoms with Gasteiger partial charge in [0.1, 0.15) is 0 Å². The molecule has 17 heavy (non-hydrogen) atoms. The molecule has 4 nitrogen and oxygen atoms in total. The largest absolute Gasteiger partial charge is 0.369 e. The first kappa shape index (κ1) is 14.2. The molecule has 0 aliphatic heterocycles. The summed E-state index contributed by atoms with van der Waals surface area (Å²) in [4.78, 5) is 2.18. The van der Waals surface area contributed by atoms with Crippen molar-refractivity contribution in [2.24, 2.45) is 21.7 Å². The third kappa shape index (κ3) is 3.83. The average Bonchev–Trinajstić information content (AvgIpc) is 2.30. The highest BCUT2D eigenvalue weighted by atomic mass is 35.5. The van der Waals surface area contributed by atoms with E-state index >= 15 is 0 Å². The predicted octanol–water partition coefficient (Wildman–Crippen LogP) is 2.39. The summed E-state index contributed by atoms with van der Waals surface area (Å²) in [5, 5.41) is 7.94. The number of halogens is 1. The standard InChI is InChI=1S/C10H13ClN4S2/c1-16-7-4-3-6(5-14-15-10(12)13)8(11)9(7)17-2/h3-5H,1-2H3,(H4,12,13,15)/b14-5+. The van der Waals surface area contributed by atoms with Gasteiger partial charge in [0.2, 0.25) is 5.96 Å². The molecule has 4 N–H and O–H groups in total. The zero-order valence-electron chi connectivity index (χ0n) is 9.48. The number of nitrogens with two attached hydrogens (primary N) is 2. The normalized spacial score (nSPS) is 10.8. The van der Waals surface area contributed by atoms with Crippen molar-refractivity contribution in [2.45, 2.75) is 9.79 Å². The van der Waals surface area contributed by atoms with Crippen molar-refractivity contribution in [2.75, 3.05) is 12.5 Å². The van der Waals surface area contributed by atoms with E-state index in [4.69, 9.17) is 23.1 Å². The van der Waals surface area contributed by atoms with Gasteiger partial charge in [-0.25, -0.2) is 0 Å². The number of thioether (sulfide) groups is 2. The molecule has 0 saturated carbocycles. The van der Waals surface area contributed by atoms with Crippen LogP contribution in [-0.4, -0.2) is 24.7 Å². The maximum absolute atomic E-state index is 6.27. The summed E-state index contributed by atoms with van der Waals surface area (Å²) >= 11 is 9.53. The second-order valence-electron chi connectivity index (χ2n) is 2.97. The summed E-state index contributed by atoms with van der Waals surface area (Å²) < 4.78 is 0. The van der Waals surface area contributed by atoms with E-state index in [2.05, 4.69) is 10.2 Å². The van der Waals surface area contributed by atoms with Crippen molar-refractivity contribution in [1.29, 1.82) is 0 Å². The van der Waals surface area contributed by atoms with Crippen LogP contribution in [0.2, 0.25) is 5.02 Å². The summed E-state index contributed by atoms with van der Waals surface area (Å²) in [6.07, 6.45) is 5.53. The zero-order chi connectivity index (χ0) is 12.8. The number of rotatable bonds is 4. The molecule has 0 radical (unpaired) electrons. The van der Waals surface area contributed by atoms with Crippen molar-refractivity contribution in [3.8, 4) is 0 Å². The van der Waals surface area contributed by atoms with Crippen molar-refractivity contribution in [1.82, 2.24) is 0 Å². The van der Waals surface area contributed by atoms with Gasteiger partial charge in [0, 0.05) is 15.4 Å². The molecule has 0 aliphatic rings. The van der Waals surface area contributed by atoms with Gasteiger partial charge in [0.25, 0.3) is 0 Å². The van der Waals surface area contributed by atoms with Crippen LogP contribution in [0.5, 0.6) is 0 Å². The van der Waals surface area contributed by atoms with E-state index in [1.54, 1.807) is 23.5 Å². The Labute approximate surface area is 114 Å². The third-order valence-corrected chi connectivity index (χ3v) is 4.15. The highest BCUT2D eigenvalue weighted by Gasteiger charge is 2.09. The summed E-state index contributed by atoms with van der Waals surface area (Å²) in [6, 6.07) is 3.89. The predicted molar refractivity (Wildman–Crippen MR) is 78.4 cm³/mol. The van der Waals surface area contributed by atoms with Gasteiger partial charge in [-0.2, -0.15) is 5.10 Å². The lowest BCUT2D eigenvalue weighted by Gasteiger charge is -2.08. The van der Waals surface area contributed by atoms with Crippen LogP contribution >= 0.6 is 35.1 Å². The number of guanidine groups is 1. The average molecular weight is 289 g/mol. The van der Waals surface area contributed by atoms with Crippen molar-refractivity contribution in [3.63, 3.8) is 0 Å². The number of hydrogen-bond acceptors (Lipinski definition) is 4. The minimum absolute atomic E-state index is 0.0804. The molecule has 0 fully saturated rings. The molecule has 0 atom stereocenters. The van der Waals surface area contributed by atoms with Crippen LogP contribution in [0.15, 0.2) is 32.1 Å². The molecule has 0 unspecified atom stereocenters. The van der Waals surface area contributed by atoms with Crippen LogP contribution in [0.3, 0.4) is 0 Å². The lowest BCUT2D eigenvalue weighted by Crippen LogP contribution is -2.21. The first-order chi connectivity index (χ1) is 8.10. The molecule has 0 spiro atoms. The van der Waals surface area contributed by atoms with E-state index in [0.29, 0.717) is 5.02 Å². The van der Waals surface area contributed by atoms with Crippen LogP contribution in [0, 0.1) is 0 Å². The quantitative estimate of drug-likeness (QED) is 0.386. The Morgan fingerprint density at radius 2 is 2.00 bits per heavy atom. The smallest absolute Gasteiger partial charge is 0.211 e. The minimum Gasteiger partial charge on any atom is -0.369 e. The minimum atomic E-state index is -0.0804. The third-order valence-electron chi connectivity index (χ3n) is 1.88. The molecular weight excluding hydrogens is 276 g/mol. The van der Waals surface area contributed by atoms with Crippen LogP contribution in [0.4, 0.5) is 0 Å². The van der Waals surface area contributed by atoms with Gasteiger partial charge < -0.3 is 11.5 Å². The highest BCUT2D eigenvalue weighted by Crippen LogP contribution is 2.36. The van der Waals surface area contributed by atoms with Gasteiger partial charge in [-0.3, -0.25) is 0 Å². The summed E-state index contributed by atoms with van der Waals surface area (Å²) in [7, 11) is 0. The molecule has 0 saturated heterocycles. The van der Waals surface area contributed by atoms with Crippen LogP contribution < -0.4 is 11.5 Å². The maximum Gasteiger partial charge on any atom is 0.211 e. The van der Waals surface area contributed by atoms with Crippen LogP contribution in [0.1, 0.15) is 5.56 Å². The Morgan fingerprint density at radius 3 is 2.53 bits per heavy atom. The lowest BCUT2D eigenvalue weighted by atomic mass is 10.2. The van der Waals surface area contributed by atoms with Crippen LogP contribution in [0.25, 0.3) is 0 Å². The molecule has 7 heteroatoms. The van der Waals surface area contributed by atoms with Crippen molar-refractivity contribution in [3.05, 3.63) is 22.7 Å². The molecule has 1 aromatic carbocycles. The molecule has 92 valence electrons. The van der Waals surface area contributed by atoms with Crippen molar-refractivity contribution >= 4 is 47.3 Å². The van der Waals surface area contributed by atoms with E-state index in [-0.39, 0.29) is 5.96 Å². The monoisotopic (exact) mass is 288 g/mol. The van der Waals surface area contributed by atoms with Gasteiger partial charge >= 0.3 is 0 Å². The zero-order valence-corrected chi connectivity index (χ0v) is 11.9. The SMILES string of the molecule is CSc1ccc(/C=N/N=C(N)N)c(Cl)c1SC. The molecular formula is C10H13ClN4S2. The summed E-state index contributed by atoms with van der Waals surface area (Å²) in [5.74, 6) is -0.0804. The fraction of sp³-hybridized carbons (Fsp3) is 0.200. The van der Waals surface area contributed by atoms with E-state index in [1.807, 2.05) is 24.6 Å². The molecule has 0 bridgehead atoms. The Kier molecular flexibility index (Phi) is 5.67. The number of nitrogens with zero attached hydrogens (tertiary/aromatic N) is 2. The molecule has 0 heterocycles. The van der Waals surface area contributed by atoms with Crippen LogP contribution in [-0.2, 0) is 0 Å². The van der Waals surface area contributed by atoms with Crippen molar-refractivity contribution < 1.29 is 0 Å². The van der Waals surface area contributed by atoms with E-state index in [9.17, 15) is 0 Å². The Bertz CT molecular complexity index is 456. The van der Waals surface area contributed by atoms with E-state index < -0.39 is 0 Å². The second-order valence-corrected chi connectivity index (χ2v) is 5.02. The van der Waals surface area contributed by atoms with Gasteiger partial charge in [0.15, 0.2) is 0 Å². The highest BCUT2D eigenvalue weighted by molar-refractivity contribution is 8.01. The molecule has 1 aromatic rings. The van der Waals surface area contributed by atoms with E-state index in [0.717, 1.165) is 15.4 Å².